The fourth-order valence-electron chi connectivity index (χ4n) is 8.67. The predicted octanol–water partition coefficient (Wildman–Crippen LogP) is 22.0. The SMILES string of the molecule is CC/C=C\C/C=C\C/C=C\C/C=C\C/C=C\C/C=C\C/C=C\C/C=C\CCCCCCCCCCC(=O)OCC(COC(=O)CCCCCCCCCCC)OC(=O)CCCCCCCCC/C=C\C/C=C\CCCCC. The Morgan fingerprint density at radius 1 is 0.273 bits per heavy atom. The molecule has 0 saturated heterocycles. The molecule has 438 valence electrons. The molecular formula is C71H118O6. The number of unbranched alkanes of at least 4 members (excludes halogenated alkanes) is 26. The average molecular weight is 1070 g/mol. The molecule has 0 aromatic heterocycles. The molecule has 0 rings (SSSR count). The van der Waals surface area contributed by atoms with Crippen molar-refractivity contribution in [2.75, 3.05) is 13.2 Å². The summed E-state index contributed by atoms with van der Waals surface area (Å²) in [5.41, 5.74) is 0. The second-order valence-corrected chi connectivity index (χ2v) is 20.9. The minimum Gasteiger partial charge on any atom is -0.462 e. The number of ether oxygens (including phenoxy) is 3. The van der Waals surface area contributed by atoms with Crippen molar-refractivity contribution in [2.24, 2.45) is 0 Å². The van der Waals surface area contributed by atoms with Crippen molar-refractivity contribution in [2.45, 2.75) is 297 Å². The van der Waals surface area contributed by atoms with Crippen LogP contribution in [0.15, 0.2) is 122 Å². The van der Waals surface area contributed by atoms with E-state index < -0.39 is 6.10 Å². The van der Waals surface area contributed by atoms with E-state index in [0.29, 0.717) is 19.3 Å². The molecule has 6 nitrogen and oxygen atoms in total. The van der Waals surface area contributed by atoms with E-state index in [1.165, 1.54) is 122 Å². The van der Waals surface area contributed by atoms with Crippen LogP contribution < -0.4 is 0 Å². The number of carbonyl (C=O) groups is 3. The molecule has 0 N–H and O–H groups in total. The van der Waals surface area contributed by atoms with Crippen molar-refractivity contribution in [3.8, 4) is 0 Å². The fraction of sp³-hybridized carbons (Fsp3) is 0.676. The van der Waals surface area contributed by atoms with Crippen LogP contribution in [0.4, 0.5) is 0 Å². The summed E-state index contributed by atoms with van der Waals surface area (Å²) >= 11 is 0. The number of rotatable bonds is 57. The van der Waals surface area contributed by atoms with Gasteiger partial charge < -0.3 is 14.2 Å². The minimum atomic E-state index is -0.786. The largest absolute Gasteiger partial charge is 0.462 e. The third-order valence-corrected chi connectivity index (χ3v) is 13.5. The van der Waals surface area contributed by atoms with E-state index in [0.717, 1.165) is 128 Å². The van der Waals surface area contributed by atoms with Crippen LogP contribution in [0.3, 0.4) is 0 Å². The van der Waals surface area contributed by atoms with Crippen LogP contribution >= 0.6 is 0 Å². The first-order valence-corrected chi connectivity index (χ1v) is 32.0. The van der Waals surface area contributed by atoms with Crippen molar-refractivity contribution >= 4 is 17.9 Å². The molecule has 0 saturated carbocycles. The summed E-state index contributed by atoms with van der Waals surface area (Å²) in [5, 5.41) is 0. The first-order valence-electron chi connectivity index (χ1n) is 32.0. The van der Waals surface area contributed by atoms with Gasteiger partial charge in [0.2, 0.25) is 0 Å². The molecule has 0 spiro atoms. The molecular weight excluding hydrogens is 949 g/mol. The normalized spacial score (nSPS) is 12.9. The number of esters is 3. The van der Waals surface area contributed by atoms with E-state index in [1.807, 2.05) is 0 Å². The Balaban J connectivity index is 4.21. The topological polar surface area (TPSA) is 78.9 Å². The monoisotopic (exact) mass is 1070 g/mol. The Morgan fingerprint density at radius 3 is 0.818 bits per heavy atom. The van der Waals surface area contributed by atoms with Gasteiger partial charge in [0.1, 0.15) is 13.2 Å². The molecule has 0 fully saturated rings. The maximum Gasteiger partial charge on any atom is 0.306 e. The van der Waals surface area contributed by atoms with Crippen molar-refractivity contribution in [3.05, 3.63) is 122 Å². The zero-order valence-corrected chi connectivity index (χ0v) is 50.2. The highest BCUT2D eigenvalue weighted by Crippen LogP contribution is 2.15. The first kappa shape index (κ1) is 72.8. The maximum absolute atomic E-state index is 12.9. The number of hydrogen-bond donors (Lipinski definition) is 0. The zero-order chi connectivity index (χ0) is 55.7. The summed E-state index contributed by atoms with van der Waals surface area (Å²) in [4.78, 5) is 38.1. The lowest BCUT2D eigenvalue weighted by Crippen LogP contribution is -2.30. The predicted molar refractivity (Wildman–Crippen MR) is 334 cm³/mol. The smallest absolute Gasteiger partial charge is 0.306 e. The molecule has 0 aromatic rings. The van der Waals surface area contributed by atoms with Crippen molar-refractivity contribution in [1.82, 2.24) is 0 Å². The van der Waals surface area contributed by atoms with E-state index in [9.17, 15) is 14.4 Å². The van der Waals surface area contributed by atoms with Gasteiger partial charge in [0.25, 0.3) is 0 Å². The second-order valence-electron chi connectivity index (χ2n) is 20.9. The molecule has 0 aliphatic carbocycles. The lowest BCUT2D eigenvalue weighted by atomic mass is 10.1. The van der Waals surface area contributed by atoms with Crippen LogP contribution in [-0.2, 0) is 28.6 Å². The van der Waals surface area contributed by atoms with Crippen molar-refractivity contribution in [1.29, 1.82) is 0 Å². The third kappa shape index (κ3) is 62.5. The second kappa shape index (κ2) is 64.3. The van der Waals surface area contributed by atoms with Gasteiger partial charge in [-0.3, -0.25) is 14.4 Å². The Hall–Kier alpha value is -4.19. The van der Waals surface area contributed by atoms with E-state index >= 15 is 0 Å². The van der Waals surface area contributed by atoms with Gasteiger partial charge in [0, 0.05) is 19.3 Å². The summed E-state index contributed by atoms with van der Waals surface area (Å²) in [6.45, 7) is 6.48. The quantitative estimate of drug-likeness (QED) is 0.0261. The molecule has 0 radical (unpaired) electrons. The number of allylic oxidation sites excluding steroid dienone is 20. The molecule has 0 heterocycles. The summed E-state index contributed by atoms with van der Waals surface area (Å²) < 4.78 is 16.9. The maximum atomic E-state index is 12.9. The molecule has 0 aliphatic heterocycles. The Kier molecular flexibility index (Phi) is 60.8. The van der Waals surface area contributed by atoms with E-state index in [4.69, 9.17) is 14.2 Å². The molecule has 77 heavy (non-hydrogen) atoms. The van der Waals surface area contributed by atoms with Crippen LogP contribution in [-0.4, -0.2) is 37.2 Å². The van der Waals surface area contributed by atoms with E-state index in [-0.39, 0.29) is 31.1 Å². The Labute approximate surface area is 475 Å². The number of hydrogen-bond acceptors (Lipinski definition) is 6. The lowest BCUT2D eigenvalue weighted by molar-refractivity contribution is -0.167. The van der Waals surface area contributed by atoms with Crippen molar-refractivity contribution in [3.63, 3.8) is 0 Å². The summed E-state index contributed by atoms with van der Waals surface area (Å²) in [7, 11) is 0. The van der Waals surface area contributed by atoms with Crippen LogP contribution in [0.5, 0.6) is 0 Å². The Morgan fingerprint density at radius 2 is 0.506 bits per heavy atom. The van der Waals surface area contributed by atoms with Gasteiger partial charge in [-0.2, -0.15) is 0 Å². The van der Waals surface area contributed by atoms with Gasteiger partial charge in [-0.15, -0.1) is 0 Å². The van der Waals surface area contributed by atoms with Gasteiger partial charge in [-0.1, -0.05) is 277 Å². The van der Waals surface area contributed by atoms with Crippen LogP contribution in [0.25, 0.3) is 0 Å². The molecule has 1 atom stereocenters. The molecule has 1 unspecified atom stereocenters. The van der Waals surface area contributed by atoms with E-state index in [2.05, 4.69) is 142 Å². The van der Waals surface area contributed by atoms with E-state index in [1.54, 1.807) is 0 Å². The highest BCUT2D eigenvalue weighted by atomic mass is 16.6. The highest BCUT2D eigenvalue weighted by Gasteiger charge is 2.19. The lowest BCUT2D eigenvalue weighted by Gasteiger charge is -2.18. The van der Waals surface area contributed by atoms with Gasteiger partial charge in [0.15, 0.2) is 6.10 Å². The highest BCUT2D eigenvalue weighted by molar-refractivity contribution is 5.71. The van der Waals surface area contributed by atoms with Crippen LogP contribution in [0, 0.1) is 0 Å². The van der Waals surface area contributed by atoms with Gasteiger partial charge >= 0.3 is 17.9 Å². The minimum absolute atomic E-state index is 0.0832. The fourth-order valence-corrected chi connectivity index (χ4v) is 8.67. The Bertz CT molecular complexity index is 1600. The standard InChI is InChI=1S/C71H118O6/c1-4-7-10-13-16-19-21-23-25-27-28-29-30-31-32-33-34-35-36-37-38-39-40-41-42-44-45-47-49-52-55-58-61-64-70(73)76-67-68(66-75-69(72)63-60-57-54-51-18-15-12-9-6-3)77-71(74)65-62-59-56-53-50-48-46-43-26-24-22-20-17-14-11-8-5-2/h7,10,16-17,19-20,23-26,28-29,31-32,34-35,37-38,40-41,68H,4-6,8-9,11-15,18,21-22,27,30,33,36,39,42-67H2,1-3H3/b10-7-,19-16-,20-17-,25-23-,26-24-,29-28-,32-31-,35-34-,38-37-,41-40-. The molecule has 6 heteroatoms. The van der Waals surface area contributed by atoms with Crippen molar-refractivity contribution < 1.29 is 28.6 Å². The van der Waals surface area contributed by atoms with Crippen LogP contribution in [0.1, 0.15) is 290 Å². The molecule has 0 bridgehead atoms. The summed E-state index contributed by atoms with van der Waals surface area (Å²) in [6.07, 6.45) is 89.3. The zero-order valence-electron chi connectivity index (χ0n) is 50.2. The van der Waals surface area contributed by atoms with Gasteiger partial charge in [-0.05, 0) is 116 Å². The summed E-state index contributed by atoms with van der Waals surface area (Å²) in [5.74, 6) is -0.899. The molecule has 0 aromatic carbocycles. The van der Waals surface area contributed by atoms with Crippen LogP contribution in [0.2, 0.25) is 0 Å². The van der Waals surface area contributed by atoms with Gasteiger partial charge in [0.05, 0.1) is 0 Å². The van der Waals surface area contributed by atoms with Gasteiger partial charge in [-0.25, -0.2) is 0 Å². The first-order chi connectivity index (χ1) is 38.0. The average Bonchev–Trinajstić information content (AvgIpc) is 3.43. The number of carbonyl (C=O) groups excluding carboxylic acids is 3. The molecule has 0 aliphatic rings. The molecule has 0 amide bonds. The summed E-state index contributed by atoms with van der Waals surface area (Å²) in [6, 6.07) is 0. The third-order valence-electron chi connectivity index (χ3n) is 13.5.